The minimum absolute atomic E-state index is 0.241. The van der Waals surface area contributed by atoms with Crippen LogP contribution < -0.4 is 19.9 Å². The molecule has 2 saturated heterocycles. The summed E-state index contributed by atoms with van der Waals surface area (Å²) in [5.41, 5.74) is 13.4. The monoisotopic (exact) mass is 746 g/mol. The Hall–Kier alpha value is -4.83. The summed E-state index contributed by atoms with van der Waals surface area (Å²) in [6.45, 7) is 10.4. The molecule has 0 amide bonds. The van der Waals surface area contributed by atoms with Gasteiger partial charge >= 0.3 is 0 Å². The first kappa shape index (κ1) is 38.9. The van der Waals surface area contributed by atoms with Crippen LogP contribution in [0.1, 0.15) is 72.3 Å². The number of nitrogens with one attached hydrogen (secondary N) is 1. The van der Waals surface area contributed by atoms with E-state index in [1.165, 1.54) is 28.7 Å². The zero-order chi connectivity index (χ0) is 38.1. The van der Waals surface area contributed by atoms with E-state index in [1.54, 1.807) is 26.4 Å². The Balaban J connectivity index is 0.000000203. The second kappa shape index (κ2) is 18.0. The van der Waals surface area contributed by atoms with Gasteiger partial charge in [0, 0.05) is 26.2 Å². The molecule has 2 heterocycles. The van der Waals surface area contributed by atoms with Gasteiger partial charge in [-0.05, 0) is 108 Å². The van der Waals surface area contributed by atoms with E-state index in [0.717, 1.165) is 57.0 Å². The molecule has 2 aliphatic rings. The highest BCUT2D eigenvalue weighted by molar-refractivity contribution is 7.92. The molecule has 0 spiro atoms. The third-order valence-corrected chi connectivity index (χ3v) is 12.0. The van der Waals surface area contributed by atoms with Gasteiger partial charge in [0.05, 0.1) is 30.5 Å². The van der Waals surface area contributed by atoms with Crippen LogP contribution in [0.15, 0.2) is 126 Å². The van der Waals surface area contributed by atoms with Gasteiger partial charge in [0.2, 0.25) is 0 Å². The van der Waals surface area contributed by atoms with Crippen LogP contribution >= 0.6 is 0 Å². The zero-order valence-electron chi connectivity index (χ0n) is 31.9. The van der Waals surface area contributed by atoms with Crippen molar-refractivity contribution in [2.45, 2.75) is 62.4 Å². The van der Waals surface area contributed by atoms with Gasteiger partial charge < -0.3 is 15.2 Å². The van der Waals surface area contributed by atoms with Crippen molar-refractivity contribution in [1.82, 2.24) is 9.80 Å². The SMILES string of the molecule is COc1cc(C2CCN(Cc3ccccc3)C2)ccc1N.COc1cc(C2CCN(Cc3ccccc3)C2)ccc1NS(=O)(=O)c1ccc(C(C)C)cc1. The van der Waals surface area contributed by atoms with Gasteiger partial charge in [-0.1, -0.05) is 98.8 Å². The molecule has 2 atom stereocenters. The van der Waals surface area contributed by atoms with Gasteiger partial charge in [0.25, 0.3) is 10.0 Å². The lowest BCUT2D eigenvalue weighted by molar-refractivity contribution is 0.327. The summed E-state index contributed by atoms with van der Waals surface area (Å²) < 4.78 is 39.5. The second-order valence-corrected chi connectivity index (χ2v) is 16.4. The van der Waals surface area contributed by atoms with Crippen LogP contribution in [-0.4, -0.2) is 58.6 Å². The van der Waals surface area contributed by atoms with Crippen molar-refractivity contribution in [3.05, 3.63) is 149 Å². The maximum Gasteiger partial charge on any atom is 0.262 e. The predicted molar refractivity (Wildman–Crippen MR) is 220 cm³/mol. The fourth-order valence-electron chi connectivity index (χ4n) is 7.44. The molecule has 284 valence electrons. The molecule has 5 aromatic carbocycles. The molecule has 0 radical (unpaired) electrons. The summed E-state index contributed by atoms with van der Waals surface area (Å²) in [7, 11) is -0.455. The first-order chi connectivity index (χ1) is 26.1. The number of nitrogen functional groups attached to an aromatic ring is 1. The van der Waals surface area contributed by atoms with Crippen LogP contribution in [0.4, 0.5) is 11.4 Å². The van der Waals surface area contributed by atoms with Crippen LogP contribution in [0, 0.1) is 0 Å². The van der Waals surface area contributed by atoms with E-state index < -0.39 is 10.0 Å². The van der Waals surface area contributed by atoms with Crippen molar-refractivity contribution in [3.63, 3.8) is 0 Å². The molecule has 0 saturated carbocycles. The Morgan fingerprint density at radius 2 is 1.19 bits per heavy atom. The van der Waals surface area contributed by atoms with Crippen molar-refractivity contribution in [3.8, 4) is 11.5 Å². The number of hydrogen-bond acceptors (Lipinski definition) is 7. The van der Waals surface area contributed by atoms with Gasteiger partial charge in [0.15, 0.2) is 0 Å². The number of rotatable bonds is 12. The molecule has 9 heteroatoms. The Morgan fingerprint density at radius 3 is 1.69 bits per heavy atom. The summed E-state index contributed by atoms with van der Waals surface area (Å²) in [5, 5.41) is 0. The topological polar surface area (TPSA) is 97.1 Å². The summed E-state index contributed by atoms with van der Waals surface area (Å²) >= 11 is 0. The van der Waals surface area contributed by atoms with Crippen LogP contribution in [0.2, 0.25) is 0 Å². The molecule has 0 aliphatic carbocycles. The molecule has 54 heavy (non-hydrogen) atoms. The first-order valence-corrected chi connectivity index (χ1v) is 20.4. The zero-order valence-corrected chi connectivity index (χ0v) is 32.8. The molecule has 2 unspecified atom stereocenters. The number of likely N-dealkylation sites (tertiary alicyclic amines) is 2. The Bertz CT molecular complexity index is 2060. The molecule has 0 aromatic heterocycles. The summed E-state index contributed by atoms with van der Waals surface area (Å²) in [6.07, 6.45) is 2.27. The molecule has 7 rings (SSSR count). The molecule has 3 N–H and O–H groups in total. The Labute approximate surface area is 322 Å². The molecule has 2 aliphatic heterocycles. The lowest BCUT2D eigenvalue weighted by Crippen LogP contribution is -2.19. The normalized spacial score (nSPS) is 17.6. The fourth-order valence-corrected chi connectivity index (χ4v) is 8.51. The Kier molecular flexibility index (Phi) is 13.0. The van der Waals surface area contributed by atoms with Gasteiger partial charge in [-0.15, -0.1) is 0 Å². The molecule has 8 nitrogen and oxygen atoms in total. The third kappa shape index (κ3) is 10.0. The van der Waals surface area contributed by atoms with E-state index >= 15 is 0 Å². The minimum Gasteiger partial charge on any atom is -0.495 e. The van der Waals surface area contributed by atoms with E-state index in [-0.39, 0.29) is 4.90 Å². The van der Waals surface area contributed by atoms with Crippen LogP contribution in [0.25, 0.3) is 0 Å². The highest BCUT2D eigenvalue weighted by Crippen LogP contribution is 2.35. The largest absolute Gasteiger partial charge is 0.495 e. The average Bonchev–Trinajstić information content (AvgIpc) is 3.86. The summed E-state index contributed by atoms with van der Waals surface area (Å²) in [6, 6.07) is 40.2. The van der Waals surface area contributed by atoms with Gasteiger partial charge in [0.1, 0.15) is 11.5 Å². The van der Waals surface area contributed by atoms with Crippen molar-refractivity contribution in [2.75, 3.05) is 50.9 Å². The third-order valence-electron chi connectivity index (χ3n) is 10.6. The number of hydrogen-bond donors (Lipinski definition) is 2. The first-order valence-electron chi connectivity index (χ1n) is 18.9. The van der Waals surface area contributed by atoms with Crippen LogP contribution in [0.3, 0.4) is 0 Å². The maximum absolute atomic E-state index is 12.9. The number of methoxy groups -OCH3 is 2. The standard InChI is InChI=1S/C27H32N2O3S.C18H22N2O/c1-20(2)22-9-12-25(13-10-22)33(30,31)28-26-14-11-23(17-27(26)32-3)24-15-16-29(19-24)18-21-7-5-4-6-8-21;1-21-18-11-15(7-8-17(18)19)16-9-10-20(13-16)12-14-5-3-2-4-6-14/h4-14,17,20,24,28H,15-16,18-19H2,1-3H3;2-8,11,16H,9-10,12-13,19H2,1H3. The minimum atomic E-state index is -3.70. The quantitative estimate of drug-likeness (QED) is 0.123. The highest BCUT2D eigenvalue weighted by Gasteiger charge is 2.26. The number of nitrogens with zero attached hydrogens (tertiary/aromatic N) is 2. The van der Waals surface area contributed by atoms with Crippen LogP contribution in [-0.2, 0) is 23.1 Å². The fraction of sp³-hybridized carbons (Fsp3) is 0.333. The number of benzene rings is 5. The lowest BCUT2D eigenvalue weighted by atomic mass is 9.98. The number of sulfonamides is 1. The molecular formula is C45H54N4O4S. The van der Waals surface area contributed by atoms with E-state index in [9.17, 15) is 8.42 Å². The van der Waals surface area contributed by atoms with E-state index in [1.807, 2.05) is 42.5 Å². The van der Waals surface area contributed by atoms with Gasteiger partial charge in [-0.25, -0.2) is 8.42 Å². The molecular weight excluding hydrogens is 693 g/mol. The van der Waals surface area contributed by atoms with E-state index in [0.29, 0.717) is 34.9 Å². The molecule has 2 fully saturated rings. The smallest absolute Gasteiger partial charge is 0.262 e. The molecule has 0 bridgehead atoms. The van der Waals surface area contributed by atoms with E-state index in [2.05, 4.69) is 95.1 Å². The highest BCUT2D eigenvalue weighted by atomic mass is 32.2. The average molecular weight is 747 g/mol. The number of ether oxygens (including phenoxy) is 2. The summed E-state index contributed by atoms with van der Waals surface area (Å²) in [4.78, 5) is 5.22. The second-order valence-electron chi connectivity index (χ2n) is 14.7. The van der Waals surface area contributed by atoms with Crippen molar-refractivity contribution >= 4 is 21.4 Å². The van der Waals surface area contributed by atoms with Gasteiger partial charge in [-0.2, -0.15) is 0 Å². The van der Waals surface area contributed by atoms with E-state index in [4.69, 9.17) is 15.2 Å². The van der Waals surface area contributed by atoms with Crippen molar-refractivity contribution in [1.29, 1.82) is 0 Å². The van der Waals surface area contributed by atoms with Crippen LogP contribution in [0.5, 0.6) is 11.5 Å². The van der Waals surface area contributed by atoms with Crippen molar-refractivity contribution in [2.24, 2.45) is 0 Å². The molecule has 5 aromatic rings. The van der Waals surface area contributed by atoms with Crippen molar-refractivity contribution < 1.29 is 17.9 Å². The number of nitrogens with two attached hydrogens (primary N) is 1. The predicted octanol–water partition coefficient (Wildman–Crippen LogP) is 8.88. The lowest BCUT2D eigenvalue weighted by Gasteiger charge is -2.18. The maximum atomic E-state index is 12.9. The Morgan fingerprint density at radius 1 is 0.685 bits per heavy atom. The van der Waals surface area contributed by atoms with Gasteiger partial charge in [-0.3, -0.25) is 14.5 Å². The summed E-state index contributed by atoms with van der Waals surface area (Å²) in [5.74, 6) is 2.65. The number of anilines is 2.